The zero-order chi connectivity index (χ0) is 14.3. The van der Waals surface area contributed by atoms with Gasteiger partial charge in [0.05, 0.1) is 15.7 Å². The van der Waals surface area contributed by atoms with Crippen LogP contribution in [0.4, 0.5) is 0 Å². The van der Waals surface area contributed by atoms with Gasteiger partial charge in [-0.1, -0.05) is 41.4 Å². The molecule has 0 bridgehead atoms. The molecule has 3 nitrogen and oxygen atoms in total. The average Bonchev–Trinajstić information content (AvgIpc) is 2.83. The molecule has 0 saturated carbocycles. The van der Waals surface area contributed by atoms with Gasteiger partial charge in [0, 0.05) is 11.6 Å². The topological polar surface area (TPSA) is 52.0 Å². The maximum Gasteiger partial charge on any atom is 0.137 e. The molecule has 2 N–H and O–H groups in total. The van der Waals surface area contributed by atoms with Gasteiger partial charge >= 0.3 is 0 Å². The van der Waals surface area contributed by atoms with Crippen LogP contribution in [0, 0.1) is 6.92 Å². The van der Waals surface area contributed by atoms with E-state index in [0.717, 1.165) is 16.5 Å². The first-order chi connectivity index (χ1) is 9.56. The van der Waals surface area contributed by atoms with Gasteiger partial charge in [0.1, 0.15) is 17.4 Å². The summed E-state index contributed by atoms with van der Waals surface area (Å²) in [7, 11) is 0. The van der Waals surface area contributed by atoms with Crippen LogP contribution >= 0.6 is 23.2 Å². The van der Waals surface area contributed by atoms with Crippen molar-refractivity contribution in [3.05, 3.63) is 63.6 Å². The summed E-state index contributed by atoms with van der Waals surface area (Å²) in [6.07, 6.45) is 1.52. The summed E-state index contributed by atoms with van der Waals surface area (Å²) in [6.45, 7) is 1.99. The average molecular weight is 307 g/mol. The summed E-state index contributed by atoms with van der Waals surface area (Å²) in [5.41, 5.74) is 8.65. The van der Waals surface area contributed by atoms with Crippen LogP contribution in [0.5, 0.6) is 0 Å². The maximum absolute atomic E-state index is 6.20. The van der Waals surface area contributed by atoms with E-state index in [2.05, 4.69) is 4.98 Å². The number of halogens is 2. The van der Waals surface area contributed by atoms with Crippen LogP contribution in [-0.2, 0) is 0 Å². The Kier molecular flexibility index (Phi) is 3.42. The molecule has 20 heavy (non-hydrogen) atoms. The molecule has 0 saturated heterocycles. The van der Waals surface area contributed by atoms with Crippen LogP contribution in [0.3, 0.4) is 0 Å². The van der Waals surface area contributed by atoms with Gasteiger partial charge in [0.2, 0.25) is 0 Å². The molecule has 1 unspecified atom stereocenters. The van der Waals surface area contributed by atoms with Crippen molar-refractivity contribution in [2.75, 3.05) is 0 Å². The molecule has 0 aliphatic heterocycles. The van der Waals surface area contributed by atoms with Crippen LogP contribution in [0.25, 0.3) is 11.0 Å². The van der Waals surface area contributed by atoms with Crippen molar-refractivity contribution in [1.82, 2.24) is 4.98 Å². The highest BCUT2D eigenvalue weighted by molar-refractivity contribution is 6.34. The van der Waals surface area contributed by atoms with Crippen LogP contribution in [0.2, 0.25) is 10.0 Å². The quantitative estimate of drug-likeness (QED) is 0.759. The van der Waals surface area contributed by atoms with E-state index in [-0.39, 0.29) is 0 Å². The molecule has 3 rings (SSSR count). The number of fused-ring (bicyclic) bond motifs is 1. The lowest BCUT2D eigenvalue weighted by Crippen LogP contribution is -2.13. The standard InChI is InChI=1S/C15H12Cl2N2O/c1-8-3-2-4-9-5-12(20-15(8)9)13(18)14-11(17)6-10(16)7-19-14/h2-7,13H,18H2,1H3. The molecular formula is C15H12Cl2N2O. The summed E-state index contributed by atoms with van der Waals surface area (Å²) in [5.74, 6) is 0.631. The van der Waals surface area contributed by atoms with Crippen LogP contribution < -0.4 is 5.73 Å². The Morgan fingerprint density at radius 2 is 2.05 bits per heavy atom. The molecule has 0 spiro atoms. The Hall–Kier alpha value is -1.55. The normalized spacial score (nSPS) is 12.8. The predicted molar refractivity (Wildman–Crippen MR) is 81.2 cm³/mol. The first kappa shape index (κ1) is 13.4. The third kappa shape index (κ3) is 2.29. The maximum atomic E-state index is 6.20. The van der Waals surface area contributed by atoms with Crippen LogP contribution in [0.15, 0.2) is 40.9 Å². The Labute approximate surface area is 126 Å². The lowest BCUT2D eigenvalue weighted by Gasteiger charge is -2.09. The molecule has 0 aliphatic rings. The fraction of sp³-hybridized carbons (Fsp3) is 0.133. The molecule has 0 aliphatic carbocycles. The molecule has 5 heteroatoms. The highest BCUT2D eigenvalue weighted by atomic mass is 35.5. The SMILES string of the molecule is Cc1cccc2cc(C(N)c3ncc(Cl)cc3Cl)oc12. The van der Waals surface area contributed by atoms with Gasteiger partial charge in [-0.3, -0.25) is 4.98 Å². The van der Waals surface area contributed by atoms with Crippen molar-refractivity contribution in [1.29, 1.82) is 0 Å². The number of pyridine rings is 1. The van der Waals surface area contributed by atoms with Crippen molar-refractivity contribution < 1.29 is 4.42 Å². The smallest absolute Gasteiger partial charge is 0.137 e. The van der Waals surface area contributed by atoms with E-state index in [1.807, 2.05) is 31.2 Å². The highest BCUT2D eigenvalue weighted by Crippen LogP contribution is 2.31. The lowest BCUT2D eigenvalue weighted by atomic mass is 10.1. The molecule has 3 aromatic rings. The number of nitrogens with zero attached hydrogens (tertiary/aromatic N) is 1. The number of furan rings is 1. The van der Waals surface area contributed by atoms with Crippen molar-refractivity contribution in [3.8, 4) is 0 Å². The molecule has 1 aromatic carbocycles. The van der Waals surface area contributed by atoms with Gasteiger partial charge in [-0.25, -0.2) is 0 Å². The molecule has 0 fully saturated rings. The van der Waals surface area contributed by atoms with Gasteiger partial charge in [0.25, 0.3) is 0 Å². The van der Waals surface area contributed by atoms with Gasteiger partial charge in [0.15, 0.2) is 0 Å². The van der Waals surface area contributed by atoms with Crippen molar-refractivity contribution >= 4 is 34.2 Å². The molecule has 2 aromatic heterocycles. The zero-order valence-corrected chi connectivity index (χ0v) is 12.2. The fourth-order valence-corrected chi connectivity index (χ4v) is 2.67. The summed E-state index contributed by atoms with van der Waals surface area (Å²) in [5, 5.41) is 1.93. The summed E-state index contributed by atoms with van der Waals surface area (Å²) >= 11 is 12.0. The second kappa shape index (κ2) is 5.09. The van der Waals surface area contributed by atoms with E-state index in [1.54, 1.807) is 6.07 Å². The molecule has 1 atom stereocenters. The van der Waals surface area contributed by atoms with E-state index in [4.69, 9.17) is 33.4 Å². The van der Waals surface area contributed by atoms with Gasteiger partial charge < -0.3 is 10.2 Å². The van der Waals surface area contributed by atoms with E-state index in [0.29, 0.717) is 21.5 Å². The van der Waals surface area contributed by atoms with E-state index in [1.165, 1.54) is 6.20 Å². The van der Waals surface area contributed by atoms with E-state index >= 15 is 0 Å². The molecule has 0 amide bonds. The number of aromatic nitrogens is 1. The lowest BCUT2D eigenvalue weighted by molar-refractivity contribution is 0.519. The van der Waals surface area contributed by atoms with Crippen molar-refractivity contribution in [3.63, 3.8) is 0 Å². The molecule has 102 valence electrons. The minimum absolute atomic E-state index is 0.433. The van der Waals surface area contributed by atoms with E-state index in [9.17, 15) is 0 Å². The minimum atomic E-state index is -0.522. The highest BCUT2D eigenvalue weighted by Gasteiger charge is 2.19. The number of aryl methyl sites for hydroxylation is 1. The summed E-state index contributed by atoms with van der Waals surface area (Å²) in [6, 6.07) is 8.98. The second-order valence-electron chi connectivity index (χ2n) is 4.64. The largest absolute Gasteiger partial charge is 0.459 e. The number of hydrogen-bond donors (Lipinski definition) is 1. The van der Waals surface area contributed by atoms with Gasteiger partial charge in [-0.05, 0) is 24.6 Å². The number of benzene rings is 1. The predicted octanol–water partition coefficient (Wildman–Crippen LogP) is 4.49. The Bertz CT molecular complexity index is 783. The number of rotatable bonds is 2. The number of nitrogens with two attached hydrogens (primary N) is 1. The Balaban J connectivity index is 2.08. The summed E-state index contributed by atoms with van der Waals surface area (Å²) < 4.78 is 5.84. The molecule has 2 heterocycles. The van der Waals surface area contributed by atoms with Gasteiger partial charge in [-0.15, -0.1) is 0 Å². The van der Waals surface area contributed by atoms with Crippen LogP contribution in [-0.4, -0.2) is 4.98 Å². The monoisotopic (exact) mass is 306 g/mol. The van der Waals surface area contributed by atoms with Crippen molar-refractivity contribution in [2.24, 2.45) is 5.73 Å². The molecular weight excluding hydrogens is 295 g/mol. The number of hydrogen-bond acceptors (Lipinski definition) is 3. The molecule has 0 radical (unpaired) electrons. The van der Waals surface area contributed by atoms with Gasteiger partial charge in [-0.2, -0.15) is 0 Å². The van der Waals surface area contributed by atoms with Crippen molar-refractivity contribution in [2.45, 2.75) is 13.0 Å². The third-order valence-electron chi connectivity index (χ3n) is 3.20. The third-order valence-corrected chi connectivity index (χ3v) is 3.71. The van der Waals surface area contributed by atoms with Crippen LogP contribution in [0.1, 0.15) is 23.1 Å². The first-order valence-corrected chi connectivity index (χ1v) is 6.87. The Morgan fingerprint density at radius 3 is 2.75 bits per heavy atom. The second-order valence-corrected chi connectivity index (χ2v) is 5.48. The Morgan fingerprint density at radius 1 is 1.25 bits per heavy atom. The number of para-hydroxylation sites is 1. The summed E-state index contributed by atoms with van der Waals surface area (Å²) in [4.78, 5) is 4.20. The van der Waals surface area contributed by atoms with E-state index < -0.39 is 6.04 Å². The zero-order valence-electron chi connectivity index (χ0n) is 10.7. The fourth-order valence-electron chi connectivity index (χ4n) is 2.17. The first-order valence-electron chi connectivity index (χ1n) is 6.12. The minimum Gasteiger partial charge on any atom is -0.459 e.